The van der Waals surface area contributed by atoms with Crippen molar-refractivity contribution in [2.45, 2.75) is 13.5 Å². The van der Waals surface area contributed by atoms with Crippen LogP contribution in [0.1, 0.15) is 11.1 Å². The van der Waals surface area contributed by atoms with Gasteiger partial charge in [0.05, 0.1) is 14.1 Å². The lowest BCUT2D eigenvalue weighted by molar-refractivity contribution is -0.00000966. The van der Waals surface area contributed by atoms with Gasteiger partial charge in [-0.1, -0.05) is 30.3 Å². The van der Waals surface area contributed by atoms with Crippen molar-refractivity contribution < 1.29 is 21.9 Å². The normalized spacial score (nSPS) is 10.6. The first-order chi connectivity index (χ1) is 10.4. The summed E-state index contributed by atoms with van der Waals surface area (Å²) in [5.74, 6) is 0.594. The Morgan fingerprint density at radius 1 is 1.13 bits per heavy atom. The van der Waals surface area contributed by atoms with Gasteiger partial charge in [-0.3, -0.25) is 4.48 Å². The molecule has 1 N–H and O–H groups in total. The summed E-state index contributed by atoms with van der Waals surface area (Å²) in [5.41, 5.74) is 3.29. The fourth-order valence-corrected chi connectivity index (χ4v) is 2.36. The number of quaternary nitrogens is 1. The molecule has 0 saturated carbocycles. The smallest absolute Gasteiger partial charge is 0.412 e. The van der Waals surface area contributed by atoms with Crippen molar-refractivity contribution in [2.24, 2.45) is 0 Å². The van der Waals surface area contributed by atoms with Crippen molar-refractivity contribution in [3.8, 4) is 5.75 Å². The van der Waals surface area contributed by atoms with Crippen LogP contribution in [-0.2, 0) is 6.54 Å². The molecule has 2 rings (SSSR count). The first-order valence-electron chi connectivity index (χ1n) is 7.30. The summed E-state index contributed by atoms with van der Waals surface area (Å²) in [6.07, 6.45) is -0.450. The number of carbonyl (C=O) groups is 1. The third-order valence-electron chi connectivity index (χ3n) is 3.70. The minimum absolute atomic E-state index is 0. The third kappa shape index (κ3) is 4.98. The van der Waals surface area contributed by atoms with Gasteiger partial charge in [-0.05, 0) is 24.6 Å². The molecule has 4 nitrogen and oxygen atoms in total. The van der Waals surface area contributed by atoms with Gasteiger partial charge in [-0.25, -0.2) is 4.79 Å². The highest BCUT2D eigenvalue weighted by Gasteiger charge is 2.21. The molecule has 0 fully saturated rings. The number of hydrogen-bond acceptors (Lipinski definition) is 2. The second-order valence-electron chi connectivity index (χ2n) is 5.92. The van der Waals surface area contributed by atoms with E-state index in [1.165, 1.54) is 5.56 Å². The van der Waals surface area contributed by atoms with E-state index in [2.05, 4.69) is 37.6 Å². The molecule has 0 aromatic heterocycles. The Bertz CT molecular complexity index is 657. The lowest BCUT2D eigenvalue weighted by atomic mass is 10.1. The van der Waals surface area contributed by atoms with E-state index >= 15 is 0 Å². The van der Waals surface area contributed by atoms with Gasteiger partial charge in [0.15, 0.2) is 0 Å². The average molecular weight is 335 g/mol. The van der Waals surface area contributed by atoms with E-state index in [9.17, 15) is 4.79 Å². The topological polar surface area (TPSA) is 38.3 Å². The fourth-order valence-electron chi connectivity index (χ4n) is 2.36. The van der Waals surface area contributed by atoms with Crippen molar-refractivity contribution >= 4 is 11.8 Å². The molecular formula is C18H23ClN2O2. The maximum atomic E-state index is 11.4. The maximum absolute atomic E-state index is 11.4. The predicted molar refractivity (Wildman–Crippen MR) is 90.1 cm³/mol. The number of aryl methyl sites for hydroxylation is 1. The zero-order chi connectivity index (χ0) is 16.2. The molecule has 1 amide bonds. The van der Waals surface area contributed by atoms with Crippen LogP contribution in [0.25, 0.3) is 0 Å². The first-order valence-corrected chi connectivity index (χ1v) is 7.30. The van der Waals surface area contributed by atoms with E-state index in [1.807, 2.05) is 37.3 Å². The molecule has 124 valence electrons. The molecule has 0 radical (unpaired) electrons. The lowest BCUT2D eigenvalue weighted by Crippen LogP contribution is -3.00. The summed E-state index contributed by atoms with van der Waals surface area (Å²) in [7, 11) is 5.83. The molecule has 0 atom stereocenters. The Hall–Kier alpha value is -2.04. The highest BCUT2D eigenvalue weighted by Crippen LogP contribution is 2.29. The summed E-state index contributed by atoms with van der Waals surface area (Å²) >= 11 is 0. The van der Waals surface area contributed by atoms with E-state index in [0.29, 0.717) is 10.2 Å². The van der Waals surface area contributed by atoms with Crippen LogP contribution in [0.3, 0.4) is 0 Å². The van der Waals surface area contributed by atoms with Gasteiger partial charge in [0.25, 0.3) is 0 Å². The highest BCUT2D eigenvalue weighted by molar-refractivity contribution is 5.71. The molecule has 5 heteroatoms. The Morgan fingerprint density at radius 2 is 1.78 bits per heavy atom. The van der Waals surface area contributed by atoms with Crippen LogP contribution < -0.4 is 26.9 Å². The maximum Gasteiger partial charge on any atom is 0.412 e. The van der Waals surface area contributed by atoms with Gasteiger partial charge < -0.3 is 22.5 Å². The molecular weight excluding hydrogens is 312 g/mol. The van der Waals surface area contributed by atoms with E-state index in [4.69, 9.17) is 4.74 Å². The average Bonchev–Trinajstić information content (AvgIpc) is 2.49. The molecule has 0 spiro atoms. The van der Waals surface area contributed by atoms with Crippen molar-refractivity contribution in [3.05, 3.63) is 59.7 Å². The van der Waals surface area contributed by atoms with E-state index in [1.54, 1.807) is 7.05 Å². The van der Waals surface area contributed by atoms with Gasteiger partial charge in [0.1, 0.15) is 18.0 Å². The molecule has 0 saturated heterocycles. The van der Waals surface area contributed by atoms with Gasteiger partial charge in [-0.2, -0.15) is 0 Å². The summed E-state index contributed by atoms with van der Waals surface area (Å²) in [4.78, 5) is 11.4. The second-order valence-corrected chi connectivity index (χ2v) is 5.92. The number of halogens is 1. The number of carbonyl (C=O) groups excluding carboxylic acids is 1. The molecule has 0 aliphatic rings. The summed E-state index contributed by atoms with van der Waals surface area (Å²) < 4.78 is 6.00. The summed E-state index contributed by atoms with van der Waals surface area (Å²) in [6.45, 7) is 2.79. The van der Waals surface area contributed by atoms with Gasteiger partial charge >= 0.3 is 6.09 Å². The number of amides is 1. The van der Waals surface area contributed by atoms with Crippen molar-refractivity contribution in [1.29, 1.82) is 0 Å². The number of ether oxygens (including phenoxy) is 1. The van der Waals surface area contributed by atoms with Crippen LogP contribution >= 0.6 is 0 Å². The monoisotopic (exact) mass is 334 g/mol. The minimum Gasteiger partial charge on any atom is -1.00 e. The fraction of sp³-hybridized carbons (Fsp3) is 0.278. The Labute approximate surface area is 144 Å². The van der Waals surface area contributed by atoms with E-state index < -0.39 is 6.09 Å². The molecule has 0 unspecified atom stereocenters. The molecule has 23 heavy (non-hydrogen) atoms. The zero-order valence-electron chi connectivity index (χ0n) is 14.0. The number of rotatable bonds is 4. The van der Waals surface area contributed by atoms with Crippen LogP contribution in [0.2, 0.25) is 0 Å². The summed E-state index contributed by atoms with van der Waals surface area (Å²) in [5, 5.41) is 2.47. The Morgan fingerprint density at radius 3 is 2.39 bits per heavy atom. The van der Waals surface area contributed by atoms with E-state index in [0.717, 1.165) is 17.8 Å². The number of nitrogens with zero attached hydrogens (tertiary/aromatic N) is 1. The van der Waals surface area contributed by atoms with Crippen LogP contribution in [0.15, 0.2) is 48.5 Å². The van der Waals surface area contributed by atoms with E-state index in [-0.39, 0.29) is 12.4 Å². The van der Waals surface area contributed by atoms with Gasteiger partial charge in [-0.15, -0.1) is 0 Å². The molecule has 0 aliphatic carbocycles. The summed E-state index contributed by atoms with van der Waals surface area (Å²) in [6, 6.07) is 16.4. The van der Waals surface area contributed by atoms with Crippen LogP contribution in [-0.4, -0.2) is 27.2 Å². The van der Waals surface area contributed by atoms with Crippen molar-refractivity contribution in [2.75, 3.05) is 21.1 Å². The van der Waals surface area contributed by atoms with Gasteiger partial charge in [0, 0.05) is 18.7 Å². The number of hydrogen-bond donors (Lipinski definition) is 1. The molecule has 2 aromatic carbocycles. The van der Waals surface area contributed by atoms with Crippen LogP contribution in [0, 0.1) is 6.92 Å². The standard InChI is InChI=1S/C18H22N2O2.ClH/c1-14-10-11-16(12-17(14)22-18(21)19-2)20(3,4)13-15-8-6-5-7-9-15;/h5-12H,13H2,1-4H3;1H. The SMILES string of the molecule is CNC(=O)Oc1cc([N+](C)(C)Cc2ccccc2)ccc1C.[Cl-]. The van der Waals surface area contributed by atoms with Gasteiger partial charge in [0.2, 0.25) is 0 Å². The zero-order valence-corrected chi connectivity index (χ0v) is 14.7. The lowest BCUT2D eigenvalue weighted by Gasteiger charge is -2.30. The highest BCUT2D eigenvalue weighted by atomic mass is 35.5. The Kier molecular flexibility index (Phi) is 6.61. The predicted octanol–water partition coefficient (Wildman–Crippen LogP) is 0.484. The molecule has 0 aliphatic heterocycles. The number of nitrogens with one attached hydrogen (secondary N) is 1. The Balaban J connectivity index is 0.00000264. The quantitative estimate of drug-likeness (QED) is 0.826. The van der Waals surface area contributed by atoms with Crippen molar-refractivity contribution in [3.63, 3.8) is 0 Å². The number of benzene rings is 2. The molecule has 2 aromatic rings. The largest absolute Gasteiger partial charge is 1.00 e. The second kappa shape index (κ2) is 7.99. The van der Waals surface area contributed by atoms with Crippen LogP contribution in [0.5, 0.6) is 5.75 Å². The molecule has 0 bridgehead atoms. The van der Waals surface area contributed by atoms with Crippen molar-refractivity contribution in [1.82, 2.24) is 9.80 Å². The first kappa shape index (κ1) is 19.0. The van der Waals surface area contributed by atoms with Crippen LogP contribution in [0.4, 0.5) is 10.5 Å². The third-order valence-corrected chi connectivity index (χ3v) is 3.70. The molecule has 0 heterocycles. The minimum atomic E-state index is -0.450.